The van der Waals surface area contributed by atoms with E-state index in [4.69, 9.17) is 10.5 Å². The summed E-state index contributed by atoms with van der Waals surface area (Å²) < 4.78 is 5.18. The van der Waals surface area contributed by atoms with Gasteiger partial charge in [0.1, 0.15) is 11.5 Å². The van der Waals surface area contributed by atoms with Crippen molar-refractivity contribution in [3.63, 3.8) is 0 Å². The summed E-state index contributed by atoms with van der Waals surface area (Å²) >= 11 is 0. The lowest BCUT2D eigenvalue weighted by Crippen LogP contribution is -2.18. The van der Waals surface area contributed by atoms with E-state index < -0.39 is 0 Å². The number of methoxy groups -OCH3 is 1. The number of benzene rings is 1. The number of aryl methyl sites for hydroxylation is 1. The van der Waals surface area contributed by atoms with Gasteiger partial charge in [-0.1, -0.05) is 0 Å². The van der Waals surface area contributed by atoms with Gasteiger partial charge in [-0.2, -0.15) is 0 Å². The van der Waals surface area contributed by atoms with Crippen LogP contribution in [0.2, 0.25) is 0 Å². The van der Waals surface area contributed by atoms with Crippen molar-refractivity contribution in [2.45, 2.75) is 33.2 Å². The largest absolute Gasteiger partial charge is 0.507 e. The van der Waals surface area contributed by atoms with Gasteiger partial charge in [-0.3, -0.25) is 0 Å². The third kappa shape index (κ3) is 2.42. The van der Waals surface area contributed by atoms with Crippen LogP contribution in [0.25, 0.3) is 0 Å². The Morgan fingerprint density at radius 1 is 1.47 bits per heavy atom. The van der Waals surface area contributed by atoms with Crippen LogP contribution in [0.1, 0.15) is 23.6 Å². The molecule has 1 rings (SSSR count). The van der Waals surface area contributed by atoms with Crippen molar-refractivity contribution in [2.75, 3.05) is 7.11 Å². The molecule has 0 amide bonds. The number of ether oxygens (including phenoxy) is 1. The van der Waals surface area contributed by atoms with E-state index in [0.717, 1.165) is 22.4 Å². The number of phenols is 1. The minimum Gasteiger partial charge on any atom is -0.507 e. The summed E-state index contributed by atoms with van der Waals surface area (Å²) in [4.78, 5) is 0. The highest BCUT2D eigenvalue weighted by Crippen LogP contribution is 2.33. The predicted octanol–water partition coefficient (Wildman–Crippen LogP) is 1.91. The van der Waals surface area contributed by atoms with E-state index in [1.165, 1.54) is 0 Å². The van der Waals surface area contributed by atoms with E-state index in [-0.39, 0.29) is 6.04 Å². The Hall–Kier alpha value is -1.22. The average molecular weight is 209 g/mol. The normalized spacial score (nSPS) is 12.6. The van der Waals surface area contributed by atoms with E-state index in [1.807, 2.05) is 26.8 Å². The maximum atomic E-state index is 10.0. The molecule has 0 aliphatic carbocycles. The minimum absolute atomic E-state index is 0.0439. The van der Waals surface area contributed by atoms with E-state index >= 15 is 0 Å². The number of hydrogen-bond donors (Lipinski definition) is 2. The lowest BCUT2D eigenvalue weighted by atomic mass is 9.97. The van der Waals surface area contributed by atoms with Crippen LogP contribution in [0.3, 0.4) is 0 Å². The molecule has 0 aliphatic rings. The lowest BCUT2D eigenvalue weighted by molar-refractivity contribution is 0.400. The summed E-state index contributed by atoms with van der Waals surface area (Å²) in [6.07, 6.45) is 0.683. The molecule has 15 heavy (non-hydrogen) atoms. The van der Waals surface area contributed by atoms with Crippen LogP contribution in [0.15, 0.2) is 6.07 Å². The Morgan fingerprint density at radius 2 is 2.07 bits per heavy atom. The molecule has 0 saturated heterocycles. The molecule has 84 valence electrons. The van der Waals surface area contributed by atoms with Crippen molar-refractivity contribution in [3.05, 3.63) is 22.8 Å². The van der Waals surface area contributed by atoms with Gasteiger partial charge >= 0.3 is 0 Å². The maximum Gasteiger partial charge on any atom is 0.125 e. The van der Waals surface area contributed by atoms with E-state index in [2.05, 4.69) is 0 Å². The van der Waals surface area contributed by atoms with E-state index in [9.17, 15) is 5.11 Å². The summed E-state index contributed by atoms with van der Waals surface area (Å²) in [6.45, 7) is 5.73. The standard InChI is InChI=1S/C12H19NO2/c1-7-5-11(15-4)9(3)12(14)10(7)6-8(2)13/h5,8,14H,6,13H2,1-4H3. The fraction of sp³-hybridized carbons (Fsp3) is 0.500. The Balaban J connectivity index is 3.23. The van der Waals surface area contributed by atoms with Gasteiger partial charge in [0.25, 0.3) is 0 Å². The second-order valence-corrected chi connectivity index (χ2v) is 4.03. The SMILES string of the molecule is COc1cc(C)c(CC(C)N)c(O)c1C. The van der Waals surface area contributed by atoms with Gasteiger partial charge in [0.05, 0.1) is 7.11 Å². The molecule has 0 aromatic heterocycles. The minimum atomic E-state index is 0.0439. The quantitative estimate of drug-likeness (QED) is 0.799. The number of rotatable bonds is 3. The zero-order valence-electron chi connectivity index (χ0n) is 9.79. The molecule has 0 spiro atoms. The van der Waals surface area contributed by atoms with E-state index in [1.54, 1.807) is 7.11 Å². The van der Waals surface area contributed by atoms with Crippen LogP contribution < -0.4 is 10.5 Å². The van der Waals surface area contributed by atoms with Gasteiger partial charge in [0, 0.05) is 11.6 Å². The van der Waals surface area contributed by atoms with Crippen LogP contribution in [-0.4, -0.2) is 18.3 Å². The molecule has 0 fully saturated rings. The zero-order valence-corrected chi connectivity index (χ0v) is 9.79. The van der Waals surface area contributed by atoms with Gasteiger partial charge in [0.2, 0.25) is 0 Å². The highest BCUT2D eigenvalue weighted by Gasteiger charge is 2.13. The van der Waals surface area contributed by atoms with Crippen LogP contribution in [0.5, 0.6) is 11.5 Å². The fourth-order valence-corrected chi connectivity index (χ4v) is 1.71. The molecule has 0 radical (unpaired) electrons. The van der Waals surface area contributed by atoms with Crippen molar-refractivity contribution in [1.29, 1.82) is 0 Å². The zero-order chi connectivity index (χ0) is 11.6. The number of phenolic OH excluding ortho intramolecular Hbond substituents is 1. The summed E-state index contributed by atoms with van der Waals surface area (Å²) in [7, 11) is 1.60. The molecule has 3 nitrogen and oxygen atoms in total. The Morgan fingerprint density at radius 3 is 2.53 bits per heavy atom. The number of hydrogen-bond acceptors (Lipinski definition) is 3. The third-order valence-corrected chi connectivity index (χ3v) is 2.58. The highest BCUT2D eigenvalue weighted by molar-refractivity contribution is 5.52. The predicted molar refractivity (Wildman–Crippen MR) is 61.5 cm³/mol. The monoisotopic (exact) mass is 209 g/mol. The highest BCUT2D eigenvalue weighted by atomic mass is 16.5. The molecule has 1 unspecified atom stereocenters. The Kier molecular flexibility index (Phi) is 3.58. The molecule has 1 atom stereocenters. The van der Waals surface area contributed by atoms with Gasteiger partial charge in [-0.25, -0.2) is 0 Å². The van der Waals surface area contributed by atoms with Crippen molar-refractivity contribution < 1.29 is 9.84 Å². The number of aromatic hydroxyl groups is 1. The molecule has 1 aromatic carbocycles. The van der Waals surface area contributed by atoms with Gasteiger partial charge < -0.3 is 15.6 Å². The van der Waals surface area contributed by atoms with Crippen molar-refractivity contribution in [1.82, 2.24) is 0 Å². The fourth-order valence-electron chi connectivity index (χ4n) is 1.71. The molecule has 0 heterocycles. The Bertz CT molecular complexity index is 359. The molecular formula is C12H19NO2. The van der Waals surface area contributed by atoms with Crippen LogP contribution in [-0.2, 0) is 6.42 Å². The molecular weight excluding hydrogens is 190 g/mol. The maximum absolute atomic E-state index is 10.0. The molecule has 1 aromatic rings. The average Bonchev–Trinajstić information content (AvgIpc) is 2.18. The topological polar surface area (TPSA) is 55.5 Å². The van der Waals surface area contributed by atoms with Crippen LogP contribution in [0.4, 0.5) is 0 Å². The lowest BCUT2D eigenvalue weighted by Gasteiger charge is -2.15. The second kappa shape index (κ2) is 4.53. The molecule has 3 heteroatoms. The van der Waals surface area contributed by atoms with Crippen molar-refractivity contribution in [2.24, 2.45) is 5.73 Å². The molecule has 0 aliphatic heterocycles. The summed E-state index contributed by atoms with van der Waals surface area (Å²) in [5.74, 6) is 1.03. The van der Waals surface area contributed by atoms with Crippen LogP contribution >= 0.6 is 0 Å². The smallest absolute Gasteiger partial charge is 0.125 e. The first-order chi connectivity index (χ1) is 6.97. The van der Waals surface area contributed by atoms with Crippen molar-refractivity contribution >= 4 is 0 Å². The first-order valence-electron chi connectivity index (χ1n) is 5.09. The van der Waals surface area contributed by atoms with Gasteiger partial charge in [-0.15, -0.1) is 0 Å². The summed E-state index contributed by atoms with van der Waals surface area (Å²) in [6, 6.07) is 1.98. The van der Waals surface area contributed by atoms with E-state index in [0.29, 0.717) is 12.2 Å². The third-order valence-electron chi connectivity index (χ3n) is 2.58. The van der Waals surface area contributed by atoms with Crippen LogP contribution in [0, 0.1) is 13.8 Å². The van der Waals surface area contributed by atoms with Gasteiger partial charge in [-0.05, 0) is 44.4 Å². The molecule has 3 N–H and O–H groups in total. The summed E-state index contributed by atoms with van der Waals surface area (Å²) in [5.41, 5.74) is 8.46. The van der Waals surface area contributed by atoms with Crippen molar-refractivity contribution in [3.8, 4) is 11.5 Å². The molecule has 0 saturated carbocycles. The second-order valence-electron chi connectivity index (χ2n) is 4.03. The molecule has 0 bridgehead atoms. The van der Waals surface area contributed by atoms with Gasteiger partial charge in [0.15, 0.2) is 0 Å². The Labute approximate surface area is 90.9 Å². The first kappa shape index (κ1) is 11.9. The summed E-state index contributed by atoms with van der Waals surface area (Å²) in [5, 5.41) is 10.0. The first-order valence-corrected chi connectivity index (χ1v) is 5.09. The number of nitrogens with two attached hydrogens (primary N) is 1.